The summed E-state index contributed by atoms with van der Waals surface area (Å²) in [5, 5.41) is 15.2. The summed E-state index contributed by atoms with van der Waals surface area (Å²) in [5.41, 5.74) is -0.437. The summed E-state index contributed by atoms with van der Waals surface area (Å²) in [6.07, 6.45) is -4.53. The van der Waals surface area contributed by atoms with Crippen LogP contribution in [0.3, 0.4) is 0 Å². The molecule has 32 heavy (non-hydrogen) atoms. The number of nitrogens with one attached hydrogen (secondary N) is 1. The number of nitro benzene ring substituents is 1. The summed E-state index contributed by atoms with van der Waals surface area (Å²) in [5.74, 6) is -1.48. The van der Waals surface area contributed by atoms with E-state index < -0.39 is 28.5 Å². The molecule has 1 heterocycles. The van der Waals surface area contributed by atoms with Gasteiger partial charge in [0.25, 0.3) is 11.6 Å². The number of benzene rings is 2. The zero-order valence-electron chi connectivity index (χ0n) is 16.4. The second-order valence-corrected chi connectivity index (χ2v) is 7.29. The van der Waals surface area contributed by atoms with Crippen LogP contribution in [-0.4, -0.2) is 23.4 Å². The number of esters is 1. The Kier molecular flexibility index (Phi) is 6.58. The Morgan fingerprint density at radius 2 is 1.84 bits per heavy atom. The molecule has 2 aromatic carbocycles. The molecule has 0 radical (unpaired) electrons. The van der Waals surface area contributed by atoms with Gasteiger partial charge in [-0.05, 0) is 36.8 Å². The van der Waals surface area contributed by atoms with Crippen LogP contribution in [0.1, 0.15) is 33.2 Å². The molecule has 3 aromatic rings. The second-order valence-electron chi connectivity index (χ2n) is 6.41. The minimum Gasteiger partial charge on any atom is -0.462 e. The zero-order valence-corrected chi connectivity index (χ0v) is 17.3. The predicted molar refractivity (Wildman–Crippen MR) is 112 cm³/mol. The summed E-state index contributed by atoms with van der Waals surface area (Å²) in [4.78, 5) is 35.7. The molecule has 0 bridgehead atoms. The lowest BCUT2D eigenvalue weighted by atomic mass is 10.0. The van der Waals surface area contributed by atoms with Crippen molar-refractivity contribution in [1.29, 1.82) is 0 Å². The third kappa shape index (κ3) is 4.94. The minimum atomic E-state index is -4.53. The molecule has 1 N–H and O–H groups in total. The van der Waals surface area contributed by atoms with Crippen molar-refractivity contribution in [1.82, 2.24) is 0 Å². The average molecular weight is 464 g/mol. The summed E-state index contributed by atoms with van der Waals surface area (Å²) in [6, 6.07) is 9.22. The molecule has 7 nitrogen and oxygen atoms in total. The van der Waals surface area contributed by atoms with Crippen molar-refractivity contribution >= 4 is 33.9 Å². The topological polar surface area (TPSA) is 98.5 Å². The van der Waals surface area contributed by atoms with Crippen LogP contribution in [0.5, 0.6) is 0 Å². The van der Waals surface area contributed by atoms with Crippen molar-refractivity contribution in [2.45, 2.75) is 13.1 Å². The van der Waals surface area contributed by atoms with Crippen molar-refractivity contribution in [2.75, 3.05) is 11.9 Å². The third-order valence-corrected chi connectivity index (χ3v) is 5.24. The van der Waals surface area contributed by atoms with Crippen molar-refractivity contribution in [3.63, 3.8) is 0 Å². The molecule has 0 atom stereocenters. The molecule has 0 aliphatic heterocycles. The van der Waals surface area contributed by atoms with Crippen LogP contribution in [-0.2, 0) is 10.9 Å². The predicted octanol–water partition coefficient (Wildman–Crippen LogP) is 5.77. The number of non-ortho nitro benzene ring substituents is 1. The van der Waals surface area contributed by atoms with E-state index in [1.54, 1.807) is 13.0 Å². The van der Waals surface area contributed by atoms with Gasteiger partial charge in [-0.15, -0.1) is 11.3 Å². The molecule has 0 aliphatic carbocycles. The monoisotopic (exact) mass is 464 g/mol. The highest BCUT2D eigenvalue weighted by atomic mass is 32.1. The smallest absolute Gasteiger partial charge is 0.416 e. The van der Waals surface area contributed by atoms with Crippen LogP contribution in [0.2, 0.25) is 0 Å². The Morgan fingerprint density at radius 3 is 2.44 bits per heavy atom. The minimum absolute atomic E-state index is 0.00221. The first-order chi connectivity index (χ1) is 15.1. The molecule has 11 heteroatoms. The Hall–Kier alpha value is -3.73. The van der Waals surface area contributed by atoms with Crippen LogP contribution >= 0.6 is 11.3 Å². The van der Waals surface area contributed by atoms with Crippen molar-refractivity contribution in [2.24, 2.45) is 0 Å². The zero-order chi connectivity index (χ0) is 23.5. The molecule has 0 saturated heterocycles. The molecule has 0 unspecified atom stereocenters. The summed E-state index contributed by atoms with van der Waals surface area (Å²) in [7, 11) is 0. The molecular formula is C21H15F3N2O5S. The van der Waals surface area contributed by atoms with Gasteiger partial charge in [-0.2, -0.15) is 13.2 Å². The standard InChI is InChI=1S/C21H15F3N2O5S/c1-2-31-20(28)17-16(13-4-3-5-15(10-13)26(29)30)11-32-19(17)25-18(27)12-6-8-14(9-7-12)21(22,23)24/h3-11H,2H2,1H3,(H,25,27). The lowest BCUT2D eigenvalue weighted by molar-refractivity contribution is -0.384. The number of alkyl halides is 3. The maximum absolute atomic E-state index is 12.7. The SMILES string of the molecule is CCOC(=O)c1c(-c2cccc([N+](=O)[O-])c2)csc1NC(=O)c1ccc(C(F)(F)F)cc1. The van der Waals surface area contributed by atoms with E-state index >= 15 is 0 Å². The Morgan fingerprint density at radius 1 is 1.16 bits per heavy atom. The van der Waals surface area contributed by atoms with Gasteiger partial charge >= 0.3 is 12.1 Å². The first-order valence-electron chi connectivity index (χ1n) is 9.14. The van der Waals surface area contributed by atoms with Gasteiger partial charge in [-0.3, -0.25) is 14.9 Å². The van der Waals surface area contributed by atoms with E-state index in [9.17, 15) is 32.9 Å². The molecule has 1 aromatic heterocycles. The van der Waals surface area contributed by atoms with Crippen LogP contribution < -0.4 is 5.32 Å². The van der Waals surface area contributed by atoms with Crippen molar-refractivity contribution < 1.29 is 32.4 Å². The van der Waals surface area contributed by atoms with E-state index in [1.807, 2.05) is 0 Å². The van der Waals surface area contributed by atoms with Gasteiger partial charge in [-0.25, -0.2) is 4.79 Å². The van der Waals surface area contributed by atoms with Crippen LogP contribution in [0, 0.1) is 10.1 Å². The average Bonchev–Trinajstić information content (AvgIpc) is 3.17. The van der Waals surface area contributed by atoms with Gasteiger partial charge in [0, 0.05) is 28.6 Å². The van der Waals surface area contributed by atoms with Gasteiger partial charge in [0.05, 0.1) is 17.1 Å². The molecule has 3 rings (SSSR count). The lowest BCUT2D eigenvalue weighted by Gasteiger charge is -2.10. The number of hydrogen-bond acceptors (Lipinski definition) is 6. The number of thiophene rings is 1. The fourth-order valence-electron chi connectivity index (χ4n) is 2.84. The van der Waals surface area contributed by atoms with E-state index in [4.69, 9.17) is 4.74 Å². The molecule has 1 amide bonds. The Bertz CT molecular complexity index is 1170. The van der Waals surface area contributed by atoms with Crippen molar-refractivity contribution in [3.05, 3.63) is 80.7 Å². The van der Waals surface area contributed by atoms with Gasteiger partial charge < -0.3 is 10.1 Å². The number of ether oxygens (including phenoxy) is 1. The number of hydrogen-bond donors (Lipinski definition) is 1. The van der Waals surface area contributed by atoms with Crippen LogP contribution in [0.15, 0.2) is 53.9 Å². The molecule has 166 valence electrons. The number of anilines is 1. The van der Waals surface area contributed by atoms with Gasteiger partial charge in [-0.1, -0.05) is 12.1 Å². The summed E-state index contributed by atoms with van der Waals surface area (Å²) in [6.45, 7) is 1.65. The van der Waals surface area contributed by atoms with Crippen molar-refractivity contribution in [3.8, 4) is 11.1 Å². The van der Waals surface area contributed by atoms with Crippen LogP contribution in [0.25, 0.3) is 11.1 Å². The first-order valence-corrected chi connectivity index (χ1v) is 10.0. The molecule has 0 aliphatic rings. The molecule has 0 spiro atoms. The molecular weight excluding hydrogens is 449 g/mol. The van der Waals surface area contributed by atoms with Gasteiger partial charge in [0.1, 0.15) is 10.6 Å². The number of nitro groups is 1. The maximum atomic E-state index is 12.7. The third-order valence-electron chi connectivity index (χ3n) is 4.34. The quantitative estimate of drug-likeness (QED) is 0.284. The number of rotatable bonds is 6. The van der Waals surface area contributed by atoms with Gasteiger partial charge in [0.15, 0.2) is 0 Å². The molecule has 0 fully saturated rings. The van der Waals surface area contributed by atoms with E-state index in [-0.39, 0.29) is 28.4 Å². The largest absolute Gasteiger partial charge is 0.462 e. The first kappa shape index (κ1) is 22.9. The number of carbonyl (C=O) groups is 2. The van der Waals surface area contributed by atoms with Gasteiger partial charge in [0.2, 0.25) is 0 Å². The highest BCUT2D eigenvalue weighted by molar-refractivity contribution is 7.15. The second kappa shape index (κ2) is 9.18. The number of amides is 1. The fourth-order valence-corrected chi connectivity index (χ4v) is 3.79. The lowest BCUT2D eigenvalue weighted by Crippen LogP contribution is -2.15. The van der Waals surface area contributed by atoms with E-state index in [0.717, 1.165) is 35.6 Å². The normalized spacial score (nSPS) is 11.1. The van der Waals surface area contributed by atoms with E-state index in [1.165, 1.54) is 23.6 Å². The van der Waals surface area contributed by atoms with Crippen LogP contribution in [0.4, 0.5) is 23.9 Å². The maximum Gasteiger partial charge on any atom is 0.416 e. The Balaban J connectivity index is 1.96. The highest BCUT2D eigenvalue weighted by Gasteiger charge is 2.30. The van der Waals surface area contributed by atoms with E-state index in [0.29, 0.717) is 11.1 Å². The molecule has 0 saturated carbocycles. The highest BCUT2D eigenvalue weighted by Crippen LogP contribution is 2.37. The number of carbonyl (C=O) groups excluding carboxylic acids is 2. The Labute approximate surface area is 183 Å². The number of halogens is 3. The summed E-state index contributed by atoms with van der Waals surface area (Å²) >= 11 is 0.987. The van der Waals surface area contributed by atoms with E-state index in [2.05, 4.69) is 5.32 Å². The number of nitrogens with zero attached hydrogens (tertiary/aromatic N) is 1. The fraction of sp³-hybridized carbons (Fsp3) is 0.143. The summed E-state index contributed by atoms with van der Waals surface area (Å²) < 4.78 is 43.3.